The lowest BCUT2D eigenvalue weighted by atomic mass is 10.1. The van der Waals surface area contributed by atoms with E-state index in [2.05, 4.69) is 5.10 Å². The number of nitrogens with zero attached hydrogens (tertiary/aromatic N) is 2. The molecule has 2 N–H and O–H groups in total. The van der Waals surface area contributed by atoms with Gasteiger partial charge in [-0.1, -0.05) is 0 Å². The zero-order valence-corrected chi connectivity index (χ0v) is 8.34. The average molecular weight is 220 g/mol. The molecule has 82 valence electrons. The number of aromatic carboxylic acids is 2. The molecule has 1 aromatic heterocycles. The zero-order valence-electron chi connectivity index (χ0n) is 8.34. The van der Waals surface area contributed by atoms with E-state index in [0.717, 1.165) is 0 Å². The first-order valence-electron chi connectivity index (χ1n) is 4.44. The maximum absolute atomic E-state index is 10.9. The van der Waals surface area contributed by atoms with Crippen molar-refractivity contribution in [3.8, 4) is 0 Å². The average Bonchev–Trinajstić information content (AvgIpc) is 2.56. The van der Waals surface area contributed by atoms with Gasteiger partial charge in [0.1, 0.15) is 0 Å². The van der Waals surface area contributed by atoms with Crippen LogP contribution in [0.5, 0.6) is 0 Å². The van der Waals surface area contributed by atoms with E-state index in [1.165, 1.54) is 22.9 Å². The summed E-state index contributed by atoms with van der Waals surface area (Å²) in [5, 5.41) is 21.9. The number of carboxylic acid groups (broad SMARTS) is 2. The van der Waals surface area contributed by atoms with Gasteiger partial charge in [0, 0.05) is 12.4 Å². The molecule has 0 atom stereocenters. The Hall–Kier alpha value is -2.37. The van der Waals surface area contributed by atoms with Crippen molar-refractivity contribution in [1.82, 2.24) is 9.78 Å². The molecule has 0 aliphatic rings. The lowest BCUT2D eigenvalue weighted by molar-refractivity contribution is 0.0683. The molecule has 1 heterocycles. The van der Waals surface area contributed by atoms with Crippen LogP contribution < -0.4 is 0 Å². The van der Waals surface area contributed by atoms with Crippen molar-refractivity contribution in [1.29, 1.82) is 0 Å². The normalized spacial score (nSPS) is 10.6. The number of hydrogen-bond acceptors (Lipinski definition) is 3. The summed E-state index contributed by atoms with van der Waals surface area (Å²) in [6.07, 6.45) is 0. The molecule has 6 heteroatoms. The minimum atomic E-state index is -1.13. The van der Waals surface area contributed by atoms with Crippen LogP contribution in [0.25, 0.3) is 10.9 Å². The molecule has 0 fully saturated rings. The Kier molecular flexibility index (Phi) is 2.12. The zero-order chi connectivity index (χ0) is 11.9. The molecule has 0 spiro atoms. The fourth-order valence-corrected chi connectivity index (χ4v) is 1.55. The fraction of sp³-hybridized carbons (Fsp3) is 0.100. The van der Waals surface area contributed by atoms with Gasteiger partial charge in [-0.05, 0) is 18.2 Å². The second kappa shape index (κ2) is 3.34. The number of aryl methyl sites for hydroxylation is 1. The van der Waals surface area contributed by atoms with Crippen molar-refractivity contribution >= 4 is 22.8 Å². The van der Waals surface area contributed by atoms with Crippen LogP contribution in [0.1, 0.15) is 20.8 Å². The van der Waals surface area contributed by atoms with Crippen molar-refractivity contribution in [2.45, 2.75) is 0 Å². The first-order chi connectivity index (χ1) is 7.50. The highest BCUT2D eigenvalue weighted by atomic mass is 16.4. The topological polar surface area (TPSA) is 92.4 Å². The molecule has 0 aliphatic heterocycles. The van der Waals surface area contributed by atoms with E-state index in [1.807, 2.05) is 0 Å². The third-order valence-electron chi connectivity index (χ3n) is 2.30. The molecule has 0 aliphatic carbocycles. The molecule has 2 rings (SSSR count). The minimum Gasteiger partial charge on any atom is -0.478 e. The van der Waals surface area contributed by atoms with E-state index in [4.69, 9.17) is 10.2 Å². The van der Waals surface area contributed by atoms with Crippen molar-refractivity contribution < 1.29 is 19.8 Å². The number of rotatable bonds is 2. The monoisotopic (exact) mass is 220 g/mol. The van der Waals surface area contributed by atoms with Gasteiger partial charge in [-0.15, -0.1) is 0 Å². The van der Waals surface area contributed by atoms with Crippen LogP contribution in [0.2, 0.25) is 0 Å². The number of fused-ring (bicyclic) bond motifs is 1. The summed E-state index contributed by atoms with van der Waals surface area (Å²) >= 11 is 0. The van der Waals surface area contributed by atoms with Gasteiger partial charge in [0.15, 0.2) is 5.69 Å². The standard InChI is InChI=1S/C10H8N2O4/c1-12-7-4-5(9(13)14)2-3-6(7)8(11-12)10(15)16/h2-4H,1H3,(H,13,14)(H,15,16). The SMILES string of the molecule is Cn1nc(C(=O)O)c2ccc(C(=O)O)cc21. The van der Waals surface area contributed by atoms with Gasteiger partial charge in [0.25, 0.3) is 0 Å². The number of hydrogen-bond donors (Lipinski definition) is 2. The molecule has 16 heavy (non-hydrogen) atoms. The molecular weight excluding hydrogens is 212 g/mol. The molecule has 0 radical (unpaired) electrons. The van der Waals surface area contributed by atoms with Gasteiger partial charge >= 0.3 is 11.9 Å². The Morgan fingerprint density at radius 1 is 1.25 bits per heavy atom. The Bertz CT molecular complexity index is 600. The second-order valence-corrected chi connectivity index (χ2v) is 3.31. The molecular formula is C10H8N2O4. The maximum Gasteiger partial charge on any atom is 0.357 e. The fourth-order valence-electron chi connectivity index (χ4n) is 1.55. The molecule has 0 unspecified atom stereocenters. The molecule has 0 amide bonds. The van der Waals surface area contributed by atoms with Gasteiger partial charge in [-0.25, -0.2) is 9.59 Å². The summed E-state index contributed by atoms with van der Waals surface area (Å²) in [6, 6.07) is 4.21. The van der Waals surface area contributed by atoms with Crippen LogP contribution in [-0.4, -0.2) is 31.9 Å². The second-order valence-electron chi connectivity index (χ2n) is 3.31. The highest BCUT2D eigenvalue weighted by Gasteiger charge is 2.16. The number of carbonyl (C=O) groups is 2. The van der Waals surface area contributed by atoms with Gasteiger partial charge in [-0.2, -0.15) is 5.10 Å². The lowest BCUT2D eigenvalue weighted by Crippen LogP contribution is -1.99. The number of aromatic nitrogens is 2. The van der Waals surface area contributed by atoms with Crippen molar-refractivity contribution in [2.24, 2.45) is 7.05 Å². The maximum atomic E-state index is 10.9. The highest BCUT2D eigenvalue weighted by molar-refractivity contribution is 6.03. The van der Waals surface area contributed by atoms with E-state index in [-0.39, 0.29) is 11.3 Å². The first kappa shape index (κ1) is 10.2. The Morgan fingerprint density at radius 3 is 2.50 bits per heavy atom. The summed E-state index contributed by atoms with van der Waals surface area (Å²) in [6.45, 7) is 0. The first-order valence-corrected chi connectivity index (χ1v) is 4.44. The number of carboxylic acids is 2. The quantitative estimate of drug-likeness (QED) is 0.786. The predicted octanol–water partition coefficient (Wildman–Crippen LogP) is 0.970. The molecule has 2 aromatic rings. The molecule has 0 bridgehead atoms. The number of benzene rings is 1. The summed E-state index contributed by atoms with van der Waals surface area (Å²) in [5.41, 5.74) is 0.513. The summed E-state index contributed by atoms with van der Waals surface area (Å²) in [4.78, 5) is 21.6. The van der Waals surface area contributed by atoms with Crippen LogP contribution >= 0.6 is 0 Å². The van der Waals surface area contributed by atoms with Crippen LogP contribution in [0.4, 0.5) is 0 Å². The van der Waals surface area contributed by atoms with Gasteiger partial charge in [0.05, 0.1) is 11.1 Å². The van der Waals surface area contributed by atoms with Crippen LogP contribution in [-0.2, 0) is 7.05 Å². The summed E-state index contributed by atoms with van der Waals surface area (Å²) in [7, 11) is 1.57. The van der Waals surface area contributed by atoms with E-state index in [0.29, 0.717) is 10.9 Å². The van der Waals surface area contributed by atoms with Crippen molar-refractivity contribution in [2.75, 3.05) is 0 Å². The highest BCUT2D eigenvalue weighted by Crippen LogP contribution is 2.19. The van der Waals surface area contributed by atoms with E-state index >= 15 is 0 Å². The van der Waals surface area contributed by atoms with E-state index < -0.39 is 11.9 Å². The smallest absolute Gasteiger partial charge is 0.357 e. The van der Waals surface area contributed by atoms with E-state index in [1.54, 1.807) is 7.05 Å². The third-order valence-corrected chi connectivity index (χ3v) is 2.30. The molecule has 1 aromatic carbocycles. The van der Waals surface area contributed by atoms with Crippen LogP contribution in [0.3, 0.4) is 0 Å². The largest absolute Gasteiger partial charge is 0.478 e. The van der Waals surface area contributed by atoms with Gasteiger partial charge in [-0.3, -0.25) is 4.68 Å². The summed E-state index contributed by atoms with van der Waals surface area (Å²) < 4.78 is 1.35. The lowest BCUT2D eigenvalue weighted by Gasteiger charge is -1.96. The predicted molar refractivity (Wildman–Crippen MR) is 54.6 cm³/mol. The van der Waals surface area contributed by atoms with Crippen molar-refractivity contribution in [3.05, 3.63) is 29.5 Å². The van der Waals surface area contributed by atoms with Crippen LogP contribution in [0.15, 0.2) is 18.2 Å². The Labute approximate surface area is 89.7 Å². The van der Waals surface area contributed by atoms with Crippen molar-refractivity contribution in [3.63, 3.8) is 0 Å². The summed E-state index contributed by atoms with van der Waals surface area (Å²) in [5.74, 6) is -2.19. The third kappa shape index (κ3) is 1.40. The molecule has 0 saturated heterocycles. The van der Waals surface area contributed by atoms with Crippen LogP contribution in [0, 0.1) is 0 Å². The van der Waals surface area contributed by atoms with E-state index in [9.17, 15) is 9.59 Å². The molecule has 6 nitrogen and oxygen atoms in total. The Morgan fingerprint density at radius 2 is 1.94 bits per heavy atom. The minimum absolute atomic E-state index is 0.0746. The molecule has 0 saturated carbocycles. The Balaban J connectivity index is 2.76. The van der Waals surface area contributed by atoms with Gasteiger partial charge in [0.2, 0.25) is 0 Å². The van der Waals surface area contributed by atoms with Gasteiger partial charge < -0.3 is 10.2 Å².